The monoisotopic (exact) mass is 579 g/mol. The first-order valence-corrected chi connectivity index (χ1v) is 14.9. The Morgan fingerprint density at radius 2 is 1.79 bits per heavy atom. The largest absolute Gasteiger partial charge is 0.354 e. The highest BCUT2D eigenvalue weighted by atomic mass is 16.1. The number of aromatic nitrogens is 6. The number of likely N-dealkylation sites (N-methyl/N-ethyl adjacent to an activating group) is 1. The van der Waals surface area contributed by atoms with Crippen LogP contribution in [0.4, 0.5) is 11.8 Å². The van der Waals surface area contributed by atoms with Crippen molar-refractivity contribution in [2.75, 3.05) is 63.6 Å². The van der Waals surface area contributed by atoms with Crippen LogP contribution in [0.3, 0.4) is 0 Å². The van der Waals surface area contributed by atoms with Crippen LogP contribution in [0.2, 0.25) is 0 Å². The molecule has 7 rings (SSSR count). The van der Waals surface area contributed by atoms with Crippen LogP contribution in [-0.2, 0) is 6.54 Å². The Bertz CT molecular complexity index is 1730. The van der Waals surface area contributed by atoms with E-state index in [9.17, 15) is 4.79 Å². The maximum Gasteiger partial charge on any atom is 0.255 e. The number of nitrogens with zero attached hydrogens (tertiary/aromatic N) is 8. The maximum atomic E-state index is 13.2. The number of nitrogens with one attached hydrogen (secondary N) is 3. The predicted molar refractivity (Wildman–Crippen MR) is 167 cm³/mol. The summed E-state index contributed by atoms with van der Waals surface area (Å²) in [4.78, 5) is 37.4. The van der Waals surface area contributed by atoms with Crippen LogP contribution in [-0.4, -0.2) is 105 Å². The third-order valence-corrected chi connectivity index (χ3v) is 8.65. The smallest absolute Gasteiger partial charge is 0.255 e. The Morgan fingerprint density at radius 1 is 0.977 bits per heavy atom. The van der Waals surface area contributed by atoms with Crippen LogP contribution in [0.15, 0.2) is 55.2 Å². The summed E-state index contributed by atoms with van der Waals surface area (Å²) in [7, 11) is 4.27. The molecule has 1 amide bonds. The summed E-state index contributed by atoms with van der Waals surface area (Å²) < 4.78 is 1.74. The molecule has 0 bridgehead atoms. The normalized spacial score (nSPS) is 17.1. The lowest BCUT2D eigenvalue weighted by Gasteiger charge is -2.33. The van der Waals surface area contributed by atoms with E-state index in [1.165, 1.54) is 0 Å². The summed E-state index contributed by atoms with van der Waals surface area (Å²) in [5, 5.41) is 11.9. The van der Waals surface area contributed by atoms with Gasteiger partial charge >= 0.3 is 0 Å². The molecular weight excluding hydrogens is 542 g/mol. The van der Waals surface area contributed by atoms with Gasteiger partial charge in [-0.1, -0.05) is 6.07 Å². The molecule has 3 N–H and O–H groups in total. The highest BCUT2D eigenvalue weighted by Gasteiger charge is 2.22. The number of aromatic amines is 1. The van der Waals surface area contributed by atoms with Crippen LogP contribution < -0.4 is 15.5 Å². The van der Waals surface area contributed by atoms with Crippen LogP contribution in [0.25, 0.3) is 27.7 Å². The van der Waals surface area contributed by atoms with Gasteiger partial charge in [-0.05, 0) is 69.4 Å². The Labute approximate surface area is 250 Å². The Morgan fingerprint density at radius 3 is 2.58 bits per heavy atom. The Hall–Kier alpha value is -4.55. The molecule has 0 unspecified atom stereocenters. The van der Waals surface area contributed by atoms with Crippen LogP contribution in [0.5, 0.6) is 0 Å². The second-order valence-corrected chi connectivity index (χ2v) is 11.7. The van der Waals surface area contributed by atoms with Gasteiger partial charge in [0.1, 0.15) is 11.5 Å². The molecule has 43 heavy (non-hydrogen) atoms. The molecule has 0 aromatic carbocycles. The van der Waals surface area contributed by atoms with Crippen LogP contribution in [0.1, 0.15) is 28.8 Å². The molecule has 2 fully saturated rings. The first kappa shape index (κ1) is 27.3. The Balaban J connectivity index is 1.04. The van der Waals surface area contributed by atoms with Crippen LogP contribution >= 0.6 is 0 Å². The Kier molecular flexibility index (Phi) is 7.37. The van der Waals surface area contributed by atoms with E-state index in [-0.39, 0.29) is 11.9 Å². The van der Waals surface area contributed by atoms with Gasteiger partial charge in [-0.3, -0.25) is 4.79 Å². The zero-order chi connectivity index (χ0) is 29.3. The minimum Gasteiger partial charge on any atom is -0.354 e. The SMILES string of the molecule is CN1CCC(NC(=O)c2cnn3ccc(-c4c[nH]c5nc(NCc6ccc(N7CCN(C)CC7)nc6)ncc45)cc23)CC1. The van der Waals surface area contributed by atoms with Gasteiger partial charge in [-0.15, -0.1) is 0 Å². The standard InChI is InChI=1S/C31H37N11O/c1-39-8-6-23(7-9-39)37-30(43)26-20-36-42-10-5-22(15-27(26)42)24-18-33-29-25(24)19-35-31(38-29)34-17-21-3-4-28(32-16-21)41-13-11-40(2)12-14-41/h3-5,10,15-16,18-20,23H,6-9,11-14,17H2,1-2H3,(H,37,43)(H2,33,34,35,38). The van der Waals surface area contributed by atoms with Gasteiger partial charge in [0.25, 0.3) is 5.91 Å². The van der Waals surface area contributed by atoms with Crippen molar-refractivity contribution in [2.45, 2.75) is 25.4 Å². The first-order valence-electron chi connectivity index (χ1n) is 14.9. The molecule has 5 aromatic rings. The summed E-state index contributed by atoms with van der Waals surface area (Å²) in [6, 6.07) is 8.38. The van der Waals surface area contributed by atoms with E-state index in [4.69, 9.17) is 4.98 Å². The van der Waals surface area contributed by atoms with Crippen LogP contribution in [0, 0.1) is 0 Å². The molecule has 0 radical (unpaired) electrons. The van der Waals surface area contributed by atoms with Crippen molar-refractivity contribution < 1.29 is 4.79 Å². The van der Waals surface area contributed by atoms with Gasteiger partial charge in [0.05, 0.1) is 17.3 Å². The number of carbonyl (C=O) groups excluding carboxylic acids is 1. The molecule has 0 atom stereocenters. The van der Waals surface area contributed by atoms with Crippen molar-refractivity contribution >= 4 is 34.2 Å². The van der Waals surface area contributed by atoms with Crippen molar-refractivity contribution in [1.82, 2.24) is 44.7 Å². The van der Waals surface area contributed by atoms with Crippen molar-refractivity contribution in [3.63, 3.8) is 0 Å². The molecule has 0 spiro atoms. The summed E-state index contributed by atoms with van der Waals surface area (Å²) in [5.74, 6) is 1.49. The van der Waals surface area contributed by atoms with E-state index < -0.39 is 0 Å². The van der Waals surface area contributed by atoms with Gasteiger partial charge in [0.15, 0.2) is 0 Å². The van der Waals surface area contributed by atoms with Gasteiger partial charge in [0, 0.05) is 74.5 Å². The number of rotatable bonds is 7. The molecule has 0 saturated carbocycles. The number of piperazine rings is 1. The fraction of sp³-hybridized carbons (Fsp3) is 0.387. The number of hydrogen-bond donors (Lipinski definition) is 3. The second kappa shape index (κ2) is 11.6. The fourth-order valence-electron chi connectivity index (χ4n) is 5.90. The fourth-order valence-corrected chi connectivity index (χ4v) is 5.90. The number of piperidine rings is 1. The number of amides is 1. The molecule has 0 aliphatic carbocycles. The second-order valence-electron chi connectivity index (χ2n) is 11.7. The quantitative estimate of drug-likeness (QED) is 0.267. The molecule has 2 aliphatic rings. The summed E-state index contributed by atoms with van der Waals surface area (Å²) in [6.45, 7) is 6.67. The van der Waals surface area contributed by atoms with Gasteiger partial charge in [-0.2, -0.15) is 10.1 Å². The molecule has 222 valence electrons. The number of anilines is 2. The zero-order valence-electron chi connectivity index (χ0n) is 24.6. The third-order valence-electron chi connectivity index (χ3n) is 8.65. The number of hydrogen-bond acceptors (Lipinski definition) is 9. The minimum absolute atomic E-state index is 0.0798. The maximum absolute atomic E-state index is 13.2. The van der Waals surface area contributed by atoms with Crippen molar-refractivity contribution in [1.29, 1.82) is 0 Å². The number of pyridine rings is 2. The van der Waals surface area contributed by atoms with E-state index in [0.29, 0.717) is 18.1 Å². The van der Waals surface area contributed by atoms with Gasteiger partial charge in [0.2, 0.25) is 5.95 Å². The lowest BCUT2D eigenvalue weighted by molar-refractivity contribution is 0.0918. The van der Waals surface area contributed by atoms with Crippen molar-refractivity contribution in [3.8, 4) is 11.1 Å². The summed E-state index contributed by atoms with van der Waals surface area (Å²) in [5.41, 5.74) is 5.08. The average molecular weight is 580 g/mol. The predicted octanol–water partition coefficient (Wildman–Crippen LogP) is 2.86. The van der Waals surface area contributed by atoms with E-state index in [1.54, 1.807) is 10.7 Å². The number of likely N-dealkylation sites (tertiary alicyclic amines) is 1. The molecule has 12 nitrogen and oxygen atoms in total. The van der Waals surface area contributed by atoms with Crippen molar-refractivity contribution in [2.24, 2.45) is 0 Å². The molecule has 5 aromatic heterocycles. The molecule has 12 heteroatoms. The molecule has 7 heterocycles. The third kappa shape index (κ3) is 5.75. The first-order chi connectivity index (χ1) is 21.0. The molecule has 2 aliphatic heterocycles. The molecule has 2 saturated heterocycles. The number of carbonyl (C=O) groups is 1. The van der Waals surface area contributed by atoms with Gasteiger partial charge in [-0.25, -0.2) is 14.5 Å². The van der Waals surface area contributed by atoms with Gasteiger partial charge < -0.3 is 30.3 Å². The lowest BCUT2D eigenvalue weighted by atomic mass is 10.0. The van der Waals surface area contributed by atoms with E-state index >= 15 is 0 Å². The minimum atomic E-state index is -0.0798. The average Bonchev–Trinajstić information content (AvgIpc) is 3.66. The zero-order valence-corrected chi connectivity index (χ0v) is 24.6. The van der Waals surface area contributed by atoms with Crippen molar-refractivity contribution in [3.05, 3.63) is 66.4 Å². The number of H-pyrrole nitrogens is 1. The van der Waals surface area contributed by atoms with E-state index in [1.807, 2.05) is 36.9 Å². The summed E-state index contributed by atoms with van der Waals surface area (Å²) >= 11 is 0. The number of fused-ring (bicyclic) bond motifs is 2. The van der Waals surface area contributed by atoms with E-state index in [0.717, 1.165) is 91.2 Å². The summed E-state index contributed by atoms with van der Waals surface area (Å²) in [6.07, 6.45) is 11.1. The molecular formula is C31H37N11O. The highest BCUT2D eigenvalue weighted by Crippen LogP contribution is 2.29. The highest BCUT2D eigenvalue weighted by molar-refractivity contribution is 6.02. The topological polar surface area (TPSA) is 123 Å². The van der Waals surface area contributed by atoms with E-state index in [2.05, 4.69) is 71.6 Å². The lowest BCUT2D eigenvalue weighted by Crippen LogP contribution is -2.44.